The van der Waals surface area contributed by atoms with Gasteiger partial charge in [0.1, 0.15) is 0 Å². The summed E-state index contributed by atoms with van der Waals surface area (Å²) >= 11 is 0. The van der Waals surface area contributed by atoms with Gasteiger partial charge in [-0.1, -0.05) is 98.1 Å². The highest BCUT2D eigenvalue weighted by Gasteiger charge is 2.24. The predicted octanol–water partition coefficient (Wildman–Crippen LogP) is 6.57. The Morgan fingerprint density at radius 3 is 1.67 bits per heavy atom. The average molecular weight is 391 g/mol. The zero-order valence-corrected chi connectivity index (χ0v) is 17.5. The van der Waals surface area contributed by atoms with Crippen molar-refractivity contribution in [3.63, 3.8) is 0 Å². The third-order valence-electron chi connectivity index (χ3n) is 5.29. The number of hydrogen-bond donors (Lipinski definition) is 1. The molecule has 1 N–H and O–H groups in total. The first-order valence-electron chi connectivity index (χ1n) is 10.1. The van der Waals surface area contributed by atoms with Gasteiger partial charge in [-0.05, 0) is 28.3 Å². The van der Waals surface area contributed by atoms with E-state index in [4.69, 9.17) is 0 Å². The van der Waals surface area contributed by atoms with Gasteiger partial charge in [-0.2, -0.15) is 0 Å². The fourth-order valence-corrected chi connectivity index (χ4v) is 4.05. The molecular formula is C28H26N2. The first-order valence-corrected chi connectivity index (χ1v) is 10.1. The highest BCUT2D eigenvalue weighted by Crippen LogP contribution is 2.44. The van der Waals surface area contributed by atoms with Crippen molar-refractivity contribution in [3.8, 4) is 22.3 Å². The molecule has 2 heteroatoms. The summed E-state index contributed by atoms with van der Waals surface area (Å²) < 4.78 is 0. The Kier molecular flexibility index (Phi) is 5.40. The Hall–Kier alpha value is -3.78. The van der Waals surface area contributed by atoms with Crippen molar-refractivity contribution < 1.29 is 0 Å². The van der Waals surface area contributed by atoms with Crippen LogP contribution in [-0.2, 0) is 0 Å². The molecule has 0 unspecified atom stereocenters. The normalized spacial score (nSPS) is 14.7. The smallest absolute Gasteiger partial charge is 0.0708 e. The lowest BCUT2D eigenvalue weighted by Gasteiger charge is -2.29. The molecule has 0 spiro atoms. The van der Waals surface area contributed by atoms with Gasteiger partial charge in [-0.3, -0.25) is 0 Å². The van der Waals surface area contributed by atoms with Gasteiger partial charge >= 0.3 is 0 Å². The van der Waals surface area contributed by atoms with Crippen LogP contribution in [0.5, 0.6) is 0 Å². The fourth-order valence-electron chi connectivity index (χ4n) is 4.05. The minimum atomic E-state index is 0.811. The van der Waals surface area contributed by atoms with E-state index >= 15 is 0 Å². The molecule has 2 nitrogen and oxygen atoms in total. The highest BCUT2D eigenvalue weighted by atomic mass is 15.1. The van der Waals surface area contributed by atoms with Crippen molar-refractivity contribution in [2.45, 2.75) is 0 Å². The first-order chi connectivity index (χ1) is 14.6. The van der Waals surface area contributed by atoms with E-state index in [1.165, 1.54) is 27.8 Å². The van der Waals surface area contributed by atoms with Gasteiger partial charge in [0, 0.05) is 30.9 Å². The van der Waals surface area contributed by atoms with Crippen LogP contribution in [0, 0.1) is 0 Å². The maximum Gasteiger partial charge on any atom is 0.0708 e. The maximum absolute atomic E-state index is 4.21. The summed E-state index contributed by atoms with van der Waals surface area (Å²) in [6.07, 6.45) is 5.59. The van der Waals surface area contributed by atoms with Crippen molar-refractivity contribution in [2.75, 3.05) is 14.1 Å². The van der Waals surface area contributed by atoms with Crippen molar-refractivity contribution in [2.24, 2.45) is 0 Å². The van der Waals surface area contributed by atoms with E-state index in [1.54, 1.807) is 6.08 Å². The quantitative estimate of drug-likeness (QED) is 0.496. The minimum absolute atomic E-state index is 0.811. The van der Waals surface area contributed by atoms with Gasteiger partial charge in [0.2, 0.25) is 0 Å². The van der Waals surface area contributed by atoms with Crippen molar-refractivity contribution >= 4 is 11.4 Å². The van der Waals surface area contributed by atoms with E-state index in [9.17, 15) is 0 Å². The third kappa shape index (κ3) is 3.48. The molecule has 148 valence electrons. The third-order valence-corrected chi connectivity index (χ3v) is 5.29. The van der Waals surface area contributed by atoms with Gasteiger partial charge in [-0.15, -0.1) is 0 Å². The molecule has 3 aromatic carbocycles. The van der Waals surface area contributed by atoms with Crippen molar-refractivity contribution in [1.29, 1.82) is 0 Å². The van der Waals surface area contributed by atoms with Crippen molar-refractivity contribution in [3.05, 3.63) is 121 Å². The summed E-state index contributed by atoms with van der Waals surface area (Å²) in [5, 5.41) is 3.59. The second kappa shape index (κ2) is 8.30. The summed E-state index contributed by atoms with van der Waals surface area (Å²) in [5.74, 6) is 0. The molecule has 0 aromatic heterocycles. The van der Waals surface area contributed by atoms with Gasteiger partial charge in [0.25, 0.3) is 0 Å². The Morgan fingerprint density at radius 2 is 1.17 bits per heavy atom. The van der Waals surface area contributed by atoms with E-state index < -0.39 is 0 Å². The molecule has 3 aromatic rings. The molecule has 1 aliphatic rings. The van der Waals surface area contributed by atoms with E-state index in [1.807, 2.05) is 12.2 Å². The molecule has 0 radical (unpaired) electrons. The second-order valence-corrected chi connectivity index (χ2v) is 7.50. The summed E-state index contributed by atoms with van der Waals surface area (Å²) in [6, 6.07) is 25.8. The molecule has 0 aliphatic heterocycles. The number of fused-ring (bicyclic) bond motifs is 5. The van der Waals surface area contributed by atoms with Crippen LogP contribution in [0.3, 0.4) is 0 Å². The van der Waals surface area contributed by atoms with Crippen LogP contribution >= 0.6 is 0 Å². The van der Waals surface area contributed by atoms with Crippen molar-refractivity contribution in [1.82, 2.24) is 10.2 Å². The molecule has 0 amide bonds. The van der Waals surface area contributed by atoms with Gasteiger partial charge < -0.3 is 10.2 Å². The minimum Gasteiger partial charge on any atom is -0.375 e. The van der Waals surface area contributed by atoms with Gasteiger partial charge in [-0.25, -0.2) is 0 Å². The molecule has 0 saturated carbocycles. The molecule has 4 rings (SSSR count). The highest BCUT2D eigenvalue weighted by molar-refractivity contribution is 6.03. The van der Waals surface area contributed by atoms with Crippen LogP contribution in [-0.4, -0.2) is 19.0 Å². The maximum atomic E-state index is 4.21. The largest absolute Gasteiger partial charge is 0.375 e. The number of nitrogens with one attached hydrogen (secondary N) is 1. The standard InChI is InChI=1S/C28H26N2/c1-5-6-13-20(2)29-27-25-18-11-9-16-23(25)21-14-7-8-15-22(21)24-17-10-12-19-26(24)28(27)30(3)4/h5-19,29H,1-2H2,3-4H3/b13-6-,23-21?,24-22?,27-25?,28-26?,28-27-. The van der Waals surface area contributed by atoms with Crippen LogP contribution in [0.1, 0.15) is 11.1 Å². The SMILES string of the molecule is C=C/C=C\C(=C)N/C1=C(\N(C)C)c2ccccc2-c2ccccc2-c2ccccc21. The molecule has 1 aliphatic carbocycles. The Labute approximate surface area is 179 Å². The number of hydrogen-bond acceptors (Lipinski definition) is 2. The molecule has 0 fully saturated rings. The fraction of sp³-hybridized carbons (Fsp3) is 0.0714. The lowest BCUT2D eigenvalue weighted by molar-refractivity contribution is 0.591. The second-order valence-electron chi connectivity index (χ2n) is 7.50. The van der Waals surface area contributed by atoms with Crippen LogP contribution in [0.2, 0.25) is 0 Å². The first kappa shape index (κ1) is 19.5. The molecule has 0 saturated heterocycles. The molecule has 0 bridgehead atoms. The van der Waals surface area contributed by atoms with Crippen LogP contribution < -0.4 is 5.32 Å². The lowest BCUT2D eigenvalue weighted by atomic mass is 9.84. The molecule has 0 heterocycles. The number of allylic oxidation sites excluding steroid dienone is 3. The number of benzene rings is 3. The Bertz CT molecular complexity index is 1180. The Balaban J connectivity index is 2.10. The zero-order chi connectivity index (χ0) is 21.1. The van der Waals surface area contributed by atoms with E-state index in [-0.39, 0.29) is 0 Å². The van der Waals surface area contributed by atoms with E-state index in [0.717, 1.165) is 22.7 Å². The molecule has 0 atom stereocenters. The van der Waals surface area contributed by atoms with Gasteiger partial charge in [0.05, 0.1) is 11.4 Å². The molecular weight excluding hydrogens is 364 g/mol. The summed E-state index contributed by atoms with van der Waals surface area (Å²) in [7, 11) is 4.18. The van der Waals surface area contributed by atoms with E-state index in [0.29, 0.717) is 0 Å². The van der Waals surface area contributed by atoms with E-state index in [2.05, 4.69) is 110 Å². The lowest BCUT2D eigenvalue weighted by Crippen LogP contribution is -2.21. The number of nitrogens with zero attached hydrogens (tertiary/aromatic N) is 1. The van der Waals surface area contributed by atoms with Crippen LogP contribution in [0.25, 0.3) is 33.6 Å². The van der Waals surface area contributed by atoms with Gasteiger partial charge in [0.15, 0.2) is 0 Å². The average Bonchev–Trinajstić information content (AvgIpc) is 2.76. The Morgan fingerprint density at radius 1 is 0.733 bits per heavy atom. The predicted molar refractivity (Wildman–Crippen MR) is 129 cm³/mol. The number of rotatable bonds is 5. The summed E-state index contributed by atoms with van der Waals surface area (Å²) in [6.45, 7) is 7.97. The van der Waals surface area contributed by atoms with Crippen LogP contribution in [0.4, 0.5) is 0 Å². The zero-order valence-electron chi connectivity index (χ0n) is 17.5. The monoisotopic (exact) mass is 390 g/mol. The molecule has 30 heavy (non-hydrogen) atoms. The summed E-state index contributed by atoms with van der Waals surface area (Å²) in [4.78, 5) is 2.18. The topological polar surface area (TPSA) is 15.3 Å². The summed E-state index contributed by atoms with van der Waals surface area (Å²) in [5.41, 5.74) is 10.2. The van der Waals surface area contributed by atoms with Crippen LogP contribution in [0.15, 0.2) is 110 Å².